The van der Waals surface area contributed by atoms with E-state index >= 15 is 0 Å². The van der Waals surface area contributed by atoms with Gasteiger partial charge in [0, 0.05) is 20.2 Å². The second-order valence-electron chi connectivity index (χ2n) is 6.74. The molecular formula is C18H19NO2S. The molecule has 1 aliphatic rings. The summed E-state index contributed by atoms with van der Waals surface area (Å²) in [6.07, 6.45) is 0. The molecule has 1 saturated heterocycles. The van der Waals surface area contributed by atoms with Gasteiger partial charge in [-0.15, -0.1) is 16.6 Å². The molecule has 4 rings (SSSR count). The van der Waals surface area contributed by atoms with Crippen molar-refractivity contribution in [1.29, 1.82) is 0 Å². The van der Waals surface area contributed by atoms with E-state index in [1.54, 1.807) is 5.23 Å². The van der Waals surface area contributed by atoms with E-state index in [1.807, 2.05) is 39.0 Å². The fourth-order valence-electron chi connectivity index (χ4n) is 2.59. The quantitative estimate of drug-likeness (QED) is 0.609. The Morgan fingerprint density at radius 1 is 0.818 bits per heavy atom. The highest BCUT2D eigenvalue weighted by molar-refractivity contribution is 7.25. The van der Waals surface area contributed by atoms with Gasteiger partial charge in [0.05, 0.1) is 5.69 Å². The lowest BCUT2D eigenvalue weighted by Crippen LogP contribution is -2.41. The molecule has 114 valence electrons. The summed E-state index contributed by atoms with van der Waals surface area (Å²) < 4.78 is 2.58. The molecule has 0 amide bonds. The van der Waals surface area contributed by atoms with Crippen LogP contribution in [0.4, 0.5) is 5.69 Å². The molecule has 3 aromatic rings. The smallest absolute Gasteiger partial charge is 0.124 e. The summed E-state index contributed by atoms with van der Waals surface area (Å²) in [5.41, 5.74) is 0.173. The number of hydrogen-bond acceptors (Lipinski definition) is 4. The van der Waals surface area contributed by atoms with Gasteiger partial charge in [-0.25, -0.2) is 9.68 Å². The number of hydrogen-bond donors (Lipinski definition) is 0. The minimum absolute atomic E-state index is 0.376. The van der Waals surface area contributed by atoms with Crippen LogP contribution in [0, 0.1) is 0 Å². The number of thiophene rings is 1. The SMILES string of the molecule is CC1(C)ON(c2ccc3sc4ccccc4c3c2)OC1(C)C. The lowest BCUT2D eigenvalue weighted by molar-refractivity contribution is -0.0272. The Hall–Kier alpha value is -1.62. The largest absolute Gasteiger partial charge is 0.239 e. The van der Waals surface area contributed by atoms with E-state index < -0.39 is 0 Å². The van der Waals surface area contributed by atoms with Crippen molar-refractivity contribution in [2.24, 2.45) is 0 Å². The van der Waals surface area contributed by atoms with Gasteiger partial charge in [0.1, 0.15) is 11.2 Å². The van der Waals surface area contributed by atoms with Crippen molar-refractivity contribution < 1.29 is 9.68 Å². The zero-order valence-electron chi connectivity index (χ0n) is 13.2. The lowest BCUT2D eigenvalue weighted by Gasteiger charge is -2.26. The van der Waals surface area contributed by atoms with Gasteiger partial charge in [0.2, 0.25) is 0 Å². The molecule has 0 bridgehead atoms. The second kappa shape index (κ2) is 4.44. The van der Waals surface area contributed by atoms with Crippen molar-refractivity contribution >= 4 is 37.2 Å². The molecule has 0 unspecified atom stereocenters. The number of rotatable bonds is 1. The molecule has 0 spiro atoms. The van der Waals surface area contributed by atoms with Crippen LogP contribution in [0.1, 0.15) is 27.7 Å². The summed E-state index contributed by atoms with van der Waals surface area (Å²) in [5, 5.41) is 4.08. The molecule has 4 heteroatoms. The molecule has 0 aliphatic carbocycles. The molecule has 0 atom stereocenters. The fourth-order valence-corrected chi connectivity index (χ4v) is 3.67. The molecule has 1 aromatic heterocycles. The van der Waals surface area contributed by atoms with Crippen molar-refractivity contribution in [2.45, 2.75) is 38.9 Å². The topological polar surface area (TPSA) is 21.7 Å². The van der Waals surface area contributed by atoms with E-state index in [4.69, 9.17) is 9.68 Å². The molecule has 1 aliphatic heterocycles. The van der Waals surface area contributed by atoms with E-state index in [9.17, 15) is 0 Å². The van der Waals surface area contributed by atoms with Gasteiger partial charge < -0.3 is 0 Å². The minimum atomic E-state index is -0.376. The molecule has 22 heavy (non-hydrogen) atoms. The first-order chi connectivity index (χ1) is 10.4. The highest BCUT2D eigenvalue weighted by Crippen LogP contribution is 2.42. The normalized spacial score (nSPS) is 20.1. The molecule has 0 N–H and O–H groups in total. The third kappa shape index (κ3) is 1.95. The third-order valence-electron chi connectivity index (χ3n) is 4.64. The van der Waals surface area contributed by atoms with Gasteiger partial charge in [-0.3, -0.25) is 0 Å². The second-order valence-corrected chi connectivity index (χ2v) is 7.82. The van der Waals surface area contributed by atoms with E-state index in [2.05, 4.69) is 42.5 Å². The molecule has 2 aromatic carbocycles. The summed E-state index contributed by atoms with van der Waals surface area (Å²) >= 11 is 1.81. The molecular weight excluding hydrogens is 294 g/mol. The van der Waals surface area contributed by atoms with Crippen LogP contribution in [-0.4, -0.2) is 11.2 Å². The maximum Gasteiger partial charge on any atom is 0.124 e. The van der Waals surface area contributed by atoms with Crippen LogP contribution in [0.3, 0.4) is 0 Å². The highest BCUT2D eigenvalue weighted by Gasteiger charge is 2.50. The van der Waals surface area contributed by atoms with E-state index in [0.29, 0.717) is 0 Å². The van der Waals surface area contributed by atoms with Crippen LogP contribution >= 0.6 is 11.3 Å². The van der Waals surface area contributed by atoms with Crippen molar-refractivity contribution in [1.82, 2.24) is 0 Å². The Balaban J connectivity index is 1.82. The minimum Gasteiger partial charge on any atom is -0.239 e. The lowest BCUT2D eigenvalue weighted by atomic mass is 9.90. The van der Waals surface area contributed by atoms with Crippen LogP contribution in [0.5, 0.6) is 0 Å². The van der Waals surface area contributed by atoms with Gasteiger partial charge >= 0.3 is 0 Å². The van der Waals surface area contributed by atoms with Crippen LogP contribution in [0.2, 0.25) is 0 Å². The summed E-state index contributed by atoms with van der Waals surface area (Å²) in [6, 6.07) is 14.8. The Morgan fingerprint density at radius 2 is 1.45 bits per heavy atom. The van der Waals surface area contributed by atoms with Gasteiger partial charge in [-0.2, -0.15) is 0 Å². The first-order valence-electron chi connectivity index (χ1n) is 7.47. The maximum atomic E-state index is 6.00. The molecule has 0 radical (unpaired) electrons. The van der Waals surface area contributed by atoms with Crippen LogP contribution in [0.15, 0.2) is 42.5 Å². The Labute approximate surface area is 134 Å². The van der Waals surface area contributed by atoms with Crippen molar-refractivity contribution in [3.8, 4) is 0 Å². The molecule has 3 nitrogen and oxygen atoms in total. The predicted molar refractivity (Wildman–Crippen MR) is 92.1 cm³/mol. The van der Waals surface area contributed by atoms with Gasteiger partial charge in [0.25, 0.3) is 0 Å². The number of nitrogens with zero attached hydrogens (tertiary/aromatic N) is 1. The average molecular weight is 313 g/mol. The van der Waals surface area contributed by atoms with Crippen molar-refractivity contribution in [3.05, 3.63) is 42.5 Å². The summed E-state index contributed by atoms with van der Waals surface area (Å²) in [5.74, 6) is 0. The summed E-state index contributed by atoms with van der Waals surface area (Å²) in [6.45, 7) is 8.19. The van der Waals surface area contributed by atoms with E-state index in [1.165, 1.54) is 20.2 Å². The summed E-state index contributed by atoms with van der Waals surface area (Å²) in [4.78, 5) is 12.0. The standard InChI is InChI=1S/C18H19NO2S/c1-17(2)18(3,4)21-19(20-17)12-9-10-16-14(11-12)13-7-5-6-8-15(13)22-16/h5-11H,1-4H3. The molecule has 2 heterocycles. The zero-order chi connectivity index (χ0) is 15.5. The van der Waals surface area contributed by atoms with Gasteiger partial charge in [-0.05, 0) is 52.0 Å². The van der Waals surface area contributed by atoms with Gasteiger partial charge in [0.15, 0.2) is 0 Å². The highest BCUT2D eigenvalue weighted by atomic mass is 32.1. The zero-order valence-corrected chi connectivity index (χ0v) is 14.0. The van der Waals surface area contributed by atoms with Crippen LogP contribution < -0.4 is 5.23 Å². The molecule has 0 saturated carbocycles. The third-order valence-corrected chi connectivity index (χ3v) is 5.80. The number of fused-ring (bicyclic) bond motifs is 3. The van der Waals surface area contributed by atoms with Crippen LogP contribution in [-0.2, 0) is 9.68 Å². The summed E-state index contributed by atoms with van der Waals surface area (Å²) in [7, 11) is 0. The Bertz CT molecular complexity index is 850. The Kier molecular flexibility index (Phi) is 2.83. The van der Waals surface area contributed by atoms with E-state index in [0.717, 1.165) is 5.69 Å². The predicted octanol–water partition coefficient (Wildman–Crippen LogP) is 5.29. The average Bonchev–Trinajstić information content (AvgIpc) is 2.93. The van der Waals surface area contributed by atoms with Crippen LogP contribution in [0.25, 0.3) is 20.2 Å². The number of anilines is 1. The maximum absolute atomic E-state index is 6.00. The monoisotopic (exact) mass is 313 g/mol. The Morgan fingerprint density at radius 3 is 2.18 bits per heavy atom. The first-order valence-corrected chi connectivity index (χ1v) is 8.29. The van der Waals surface area contributed by atoms with Crippen molar-refractivity contribution in [2.75, 3.05) is 5.23 Å². The number of benzene rings is 2. The first kappa shape index (κ1) is 14.0. The van der Waals surface area contributed by atoms with Gasteiger partial charge in [-0.1, -0.05) is 18.2 Å². The molecule has 1 fully saturated rings. The van der Waals surface area contributed by atoms with E-state index in [-0.39, 0.29) is 11.2 Å². The fraction of sp³-hybridized carbons (Fsp3) is 0.333. The van der Waals surface area contributed by atoms with Crippen molar-refractivity contribution in [3.63, 3.8) is 0 Å².